The number of H-pyrrole nitrogens is 1. The number of aromatic nitrogens is 4. The van der Waals surface area contributed by atoms with Crippen molar-refractivity contribution in [1.82, 2.24) is 31.3 Å². The fraction of sp³-hybridized carbons (Fsp3) is 0.385. The molecule has 1 amide bonds. The number of carbonyl (C=O) groups excluding carboxylic acids is 1. The number of hydrogen-bond acceptors (Lipinski definition) is 5. The van der Waals surface area contributed by atoms with E-state index in [9.17, 15) is 13.6 Å². The molecular formula is C13H13ClF2N6O. The summed E-state index contributed by atoms with van der Waals surface area (Å²) in [6, 6.07) is 4.12. The van der Waals surface area contributed by atoms with Crippen molar-refractivity contribution in [2.75, 3.05) is 6.54 Å². The smallest absolute Gasteiger partial charge is 0.262 e. The van der Waals surface area contributed by atoms with Crippen LogP contribution in [0.15, 0.2) is 18.2 Å². The first kappa shape index (κ1) is 15.8. The Hall–Kier alpha value is -2.13. The van der Waals surface area contributed by atoms with E-state index in [4.69, 9.17) is 11.6 Å². The Morgan fingerprint density at radius 1 is 1.48 bits per heavy atom. The lowest BCUT2D eigenvalue weighted by Crippen LogP contribution is -2.40. The molecule has 1 saturated heterocycles. The largest absolute Gasteiger partial charge is 0.351 e. The summed E-state index contributed by atoms with van der Waals surface area (Å²) in [6.45, 7) is -0.372. The third-order valence-corrected chi connectivity index (χ3v) is 3.77. The SMILES string of the molecule is O=C(NCc1cc(Cl)ccc1-c1nn[nH]n1)[C@@H]1CC(F)(F)CN1. The average Bonchev–Trinajstić information content (AvgIpc) is 3.14. The summed E-state index contributed by atoms with van der Waals surface area (Å²) in [5.74, 6) is -2.98. The first-order chi connectivity index (χ1) is 10.9. The number of rotatable bonds is 4. The van der Waals surface area contributed by atoms with Gasteiger partial charge in [-0.25, -0.2) is 8.78 Å². The van der Waals surface area contributed by atoms with Gasteiger partial charge in [0.25, 0.3) is 5.92 Å². The number of alkyl halides is 2. The number of hydrogen-bond donors (Lipinski definition) is 3. The third kappa shape index (κ3) is 3.62. The Kier molecular flexibility index (Phi) is 4.22. The van der Waals surface area contributed by atoms with Crippen LogP contribution >= 0.6 is 11.6 Å². The van der Waals surface area contributed by atoms with E-state index in [0.717, 1.165) is 0 Å². The Morgan fingerprint density at radius 2 is 2.30 bits per heavy atom. The lowest BCUT2D eigenvalue weighted by atomic mass is 10.1. The summed E-state index contributed by atoms with van der Waals surface area (Å²) < 4.78 is 26.3. The molecule has 2 aromatic rings. The van der Waals surface area contributed by atoms with Gasteiger partial charge in [-0.05, 0) is 29.0 Å². The van der Waals surface area contributed by atoms with Gasteiger partial charge in [0.05, 0.1) is 12.6 Å². The second kappa shape index (κ2) is 6.17. The molecule has 23 heavy (non-hydrogen) atoms. The molecule has 7 nitrogen and oxygen atoms in total. The molecule has 0 spiro atoms. The molecule has 1 aliphatic heterocycles. The van der Waals surface area contributed by atoms with Crippen LogP contribution in [0, 0.1) is 0 Å². The van der Waals surface area contributed by atoms with E-state index in [1.54, 1.807) is 18.2 Å². The van der Waals surface area contributed by atoms with Crippen molar-refractivity contribution in [1.29, 1.82) is 0 Å². The summed E-state index contributed by atoms with van der Waals surface area (Å²) in [6.07, 6.45) is -0.508. The lowest BCUT2D eigenvalue weighted by Gasteiger charge is -2.13. The number of nitrogens with zero attached hydrogens (tertiary/aromatic N) is 3. The molecule has 2 heterocycles. The molecule has 0 saturated carbocycles. The molecule has 0 unspecified atom stereocenters. The number of benzene rings is 1. The molecule has 0 radical (unpaired) electrons. The quantitative estimate of drug-likeness (QED) is 0.774. The normalized spacial score (nSPS) is 19.7. The molecule has 1 atom stereocenters. The summed E-state index contributed by atoms with van der Waals surface area (Å²) in [5, 5.41) is 19.2. The van der Waals surface area contributed by atoms with E-state index in [0.29, 0.717) is 22.0 Å². The minimum Gasteiger partial charge on any atom is -0.351 e. The highest BCUT2D eigenvalue weighted by atomic mass is 35.5. The highest BCUT2D eigenvalue weighted by Gasteiger charge is 2.42. The minimum atomic E-state index is -2.85. The van der Waals surface area contributed by atoms with Crippen molar-refractivity contribution >= 4 is 17.5 Å². The maximum Gasteiger partial charge on any atom is 0.262 e. The van der Waals surface area contributed by atoms with Gasteiger partial charge in [-0.1, -0.05) is 11.6 Å². The van der Waals surface area contributed by atoms with E-state index < -0.39 is 30.8 Å². The van der Waals surface area contributed by atoms with Gasteiger partial charge < -0.3 is 5.32 Å². The fourth-order valence-electron chi connectivity index (χ4n) is 2.41. The number of aromatic amines is 1. The molecule has 1 fully saturated rings. The van der Waals surface area contributed by atoms with Crippen LogP contribution in [0.25, 0.3) is 11.4 Å². The minimum absolute atomic E-state index is 0.118. The van der Waals surface area contributed by atoms with Gasteiger partial charge in [0.2, 0.25) is 11.7 Å². The molecule has 1 aliphatic rings. The molecule has 3 rings (SSSR count). The topological polar surface area (TPSA) is 95.6 Å². The number of amides is 1. The Balaban J connectivity index is 1.71. The molecule has 10 heteroatoms. The Labute approximate surface area is 134 Å². The molecule has 1 aromatic heterocycles. The number of nitrogens with one attached hydrogen (secondary N) is 3. The fourth-order valence-corrected chi connectivity index (χ4v) is 2.60. The molecule has 3 N–H and O–H groups in total. The number of halogens is 3. The van der Waals surface area contributed by atoms with Gasteiger partial charge in [-0.15, -0.1) is 10.2 Å². The predicted octanol–water partition coefficient (Wildman–Crippen LogP) is 1.13. The van der Waals surface area contributed by atoms with E-state index in [1.165, 1.54) is 0 Å². The van der Waals surface area contributed by atoms with Crippen molar-refractivity contribution in [2.45, 2.75) is 24.9 Å². The van der Waals surface area contributed by atoms with Gasteiger partial charge in [0.1, 0.15) is 0 Å². The monoisotopic (exact) mass is 342 g/mol. The highest BCUT2D eigenvalue weighted by molar-refractivity contribution is 6.30. The van der Waals surface area contributed by atoms with E-state index in [1.807, 2.05) is 0 Å². The van der Waals surface area contributed by atoms with Crippen LogP contribution in [0.2, 0.25) is 5.02 Å². The number of carbonyl (C=O) groups is 1. The van der Waals surface area contributed by atoms with Crippen molar-refractivity contribution in [2.24, 2.45) is 0 Å². The van der Waals surface area contributed by atoms with Crippen LogP contribution in [0.3, 0.4) is 0 Å². The predicted molar refractivity (Wildman–Crippen MR) is 77.8 cm³/mol. The van der Waals surface area contributed by atoms with Gasteiger partial charge in [-0.3, -0.25) is 10.1 Å². The second-order valence-corrected chi connectivity index (χ2v) is 5.68. The lowest BCUT2D eigenvalue weighted by molar-refractivity contribution is -0.123. The Morgan fingerprint density at radius 3 is 2.96 bits per heavy atom. The van der Waals surface area contributed by atoms with E-state index in [-0.39, 0.29) is 6.54 Å². The standard InChI is InChI=1S/C13H13ClF2N6O/c14-8-1-2-9(11-19-21-22-20-11)7(3-8)5-17-12(23)10-4-13(15,16)6-18-10/h1-3,10,18H,4-6H2,(H,17,23)(H,19,20,21,22)/t10-/m0/s1. The van der Waals surface area contributed by atoms with Crippen LogP contribution < -0.4 is 10.6 Å². The zero-order chi connectivity index (χ0) is 16.4. The molecular weight excluding hydrogens is 330 g/mol. The van der Waals surface area contributed by atoms with Crippen LogP contribution in [0.4, 0.5) is 8.78 Å². The van der Waals surface area contributed by atoms with Crippen LogP contribution in [-0.2, 0) is 11.3 Å². The second-order valence-electron chi connectivity index (χ2n) is 5.25. The number of tetrazole rings is 1. The molecule has 0 aliphatic carbocycles. The maximum atomic E-state index is 13.1. The van der Waals surface area contributed by atoms with Crippen LogP contribution in [0.1, 0.15) is 12.0 Å². The van der Waals surface area contributed by atoms with Crippen molar-refractivity contribution in [3.8, 4) is 11.4 Å². The molecule has 1 aromatic carbocycles. The van der Waals surface area contributed by atoms with Crippen molar-refractivity contribution in [3.05, 3.63) is 28.8 Å². The highest BCUT2D eigenvalue weighted by Crippen LogP contribution is 2.26. The van der Waals surface area contributed by atoms with Gasteiger partial charge in [-0.2, -0.15) is 5.21 Å². The van der Waals surface area contributed by atoms with Gasteiger partial charge >= 0.3 is 0 Å². The zero-order valence-electron chi connectivity index (χ0n) is 11.8. The first-order valence-corrected chi connectivity index (χ1v) is 7.23. The van der Waals surface area contributed by atoms with Gasteiger partial charge in [0.15, 0.2) is 0 Å². The summed E-state index contributed by atoms with van der Waals surface area (Å²) in [5.41, 5.74) is 1.31. The van der Waals surface area contributed by atoms with E-state index in [2.05, 4.69) is 31.3 Å². The van der Waals surface area contributed by atoms with Gasteiger partial charge in [0, 0.05) is 23.6 Å². The molecule has 122 valence electrons. The molecule has 0 bridgehead atoms. The first-order valence-electron chi connectivity index (χ1n) is 6.86. The Bertz CT molecular complexity index is 708. The van der Waals surface area contributed by atoms with Crippen molar-refractivity contribution in [3.63, 3.8) is 0 Å². The summed E-state index contributed by atoms with van der Waals surface area (Å²) in [4.78, 5) is 12.0. The third-order valence-electron chi connectivity index (χ3n) is 3.53. The average molecular weight is 343 g/mol. The van der Waals surface area contributed by atoms with Crippen LogP contribution in [-0.4, -0.2) is 45.0 Å². The zero-order valence-corrected chi connectivity index (χ0v) is 12.6. The van der Waals surface area contributed by atoms with Crippen LogP contribution in [0.5, 0.6) is 0 Å². The summed E-state index contributed by atoms with van der Waals surface area (Å²) >= 11 is 5.97. The maximum absolute atomic E-state index is 13.1. The van der Waals surface area contributed by atoms with E-state index >= 15 is 0 Å². The summed E-state index contributed by atoms with van der Waals surface area (Å²) in [7, 11) is 0. The van der Waals surface area contributed by atoms with Crippen molar-refractivity contribution < 1.29 is 13.6 Å².